The van der Waals surface area contributed by atoms with E-state index in [9.17, 15) is 5.11 Å². The molecule has 0 radical (unpaired) electrons. The van der Waals surface area contributed by atoms with E-state index in [1.165, 1.54) is 5.56 Å². The van der Waals surface area contributed by atoms with E-state index in [-0.39, 0.29) is 0 Å². The van der Waals surface area contributed by atoms with Gasteiger partial charge in [0.25, 0.3) is 0 Å². The van der Waals surface area contributed by atoms with Gasteiger partial charge in [-0.1, -0.05) is 60.8 Å². The highest BCUT2D eigenvalue weighted by Crippen LogP contribution is 2.27. The smallest absolute Gasteiger partial charge is 0.0688 e. The molecule has 0 bridgehead atoms. The molecule has 1 nitrogen and oxygen atoms in total. The van der Waals surface area contributed by atoms with Crippen LogP contribution >= 0.6 is 15.9 Å². The second-order valence-corrected chi connectivity index (χ2v) is 5.35. The van der Waals surface area contributed by atoms with Crippen LogP contribution in [-0.2, 0) is 6.42 Å². The molecule has 1 rings (SSSR count). The van der Waals surface area contributed by atoms with Crippen molar-refractivity contribution in [3.63, 3.8) is 0 Å². The Balaban J connectivity index is 2.79. The van der Waals surface area contributed by atoms with Crippen LogP contribution in [0.3, 0.4) is 0 Å². The van der Waals surface area contributed by atoms with Crippen LogP contribution in [-0.4, -0.2) is 10.7 Å². The molecule has 2 heteroatoms. The molecule has 0 heterocycles. The molecule has 0 spiro atoms. The molecule has 1 aromatic carbocycles. The lowest BCUT2D eigenvalue weighted by Gasteiger charge is -2.28. The number of hydrogen-bond acceptors (Lipinski definition) is 1. The van der Waals surface area contributed by atoms with Gasteiger partial charge in [-0.15, -0.1) is 0 Å². The molecule has 0 aromatic heterocycles. The monoisotopic (exact) mass is 284 g/mol. The summed E-state index contributed by atoms with van der Waals surface area (Å²) in [6.07, 6.45) is 4.56. The van der Waals surface area contributed by atoms with Gasteiger partial charge in [-0.2, -0.15) is 0 Å². The molecular weight excluding hydrogens is 264 g/mol. The number of aliphatic hydroxyl groups is 1. The first kappa shape index (κ1) is 13.7. The van der Waals surface area contributed by atoms with E-state index in [0.29, 0.717) is 0 Å². The third-order valence-electron chi connectivity index (χ3n) is 2.91. The Hall–Kier alpha value is -0.340. The van der Waals surface area contributed by atoms with Crippen LogP contribution in [0.1, 0.15) is 45.1 Å². The molecule has 0 atom stereocenters. The van der Waals surface area contributed by atoms with E-state index in [1.54, 1.807) is 0 Å². The highest BCUT2D eigenvalue weighted by Gasteiger charge is 2.25. The Kier molecular flexibility index (Phi) is 5.50. The summed E-state index contributed by atoms with van der Waals surface area (Å²) in [7, 11) is 0. The predicted octanol–water partition coefficient (Wildman–Crippen LogP) is 4.32. The number of hydrogen-bond donors (Lipinski definition) is 1. The zero-order chi connectivity index (χ0) is 12.0. The summed E-state index contributed by atoms with van der Waals surface area (Å²) in [6, 6.07) is 8.15. The lowest BCUT2D eigenvalue weighted by molar-refractivity contribution is 0.0215. The summed E-state index contributed by atoms with van der Waals surface area (Å²) in [5.74, 6) is 0. The summed E-state index contributed by atoms with van der Waals surface area (Å²) < 4.78 is 1.10. The first-order chi connectivity index (χ1) is 7.61. The predicted molar refractivity (Wildman–Crippen MR) is 72.6 cm³/mol. The number of halogens is 1. The second kappa shape index (κ2) is 6.41. The standard InChI is InChI=1S/C14H21BrO/c1-3-9-14(16,10-4-2)11-12-7-5-6-8-13(12)15/h5-8,16H,3-4,9-11H2,1-2H3. The van der Waals surface area contributed by atoms with Gasteiger partial charge in [0.15, 0.2) is 0 Å². The van der Waals surface area contributed by atoms with Crippen molar-refractivity contribution < 1.29 is 5.11 Å². The maximum Gasteiger partial charge on any atom is 0.0688 e. The van der Waals surface area contributed by atoms with Gasteiger partial charge in [-0.25, -0.2) is 0 Å². The summed E-state index contributed by atoms with van der Waals surface area (Å²) in [4.78, 5) is 0. The molecule has 0 amide bonds. The molecular formula is C14H21BrO. The topological polar surface area (TPSA) is 20.2 Å². The van der Waals surface area contributed by atoms with Crippen LogP contribution in [0.5, 0.6) is 0 Å². The zero-order valence-electron chi connectivity index (χ0n) is 10.2. The van der Waals surface area contributed by atoms with Crippen molar-refractivity contribution in [3.05, 3.63) is 34.3 Å². The van der Waals surface area contributed by atoms with Crippen molar-refractivity contribution >= 4 is 15.9 Å². The lowest BCUT2D eigenvalue weighted by Crippen LogP contribution is -2.31. The first-order valence-corrected chi connectivity index (χ1v) is 6.86. The maximum atomic E-state index is 10.6. The Morgan fingerprint density at radius 2 is 1.69 bits per heavy atom. The van der Waals surface area contributed by atoms with Crippen LogP contribution in [0.25, 0.3) is 0 Å². The van der Waals surface area contributed by atoms with Crippen molar-refractivity contribution in [1.82, 2.24) is 0 Å². The minimum atomic E-state index is -0.534. The lowest BCUT2D eigenvalue weighted by atomic mass is 9.86. The minimum Gasteiger partial charge on any atom is -0.390 e. The highest BCUT2D eigenvalue weighted by molar-refractivity contribution is 9.10. The van der Waals surface area contributed by atoms with Crippen LogP contribution in [0.4, 0.5) is 0 Å². The SMILES string of the molecule is CCCC(O)(CCC)Cc1ccccc1Br. The summed E-state index contributed by atoms with van der Waals surface area (Å²) in [5.41, 5.74) is 0.666. The van der Waals surface area contributed by atoms with E-state index >= 15 is 0 Å². The summed E-state index contributed by atoms with van der Waals surface area (Å²) in [6.45, 7) is 4.25. The Morgan fingerprint density at radius 3 is 2.19 bits per heavy atom. The van der Waals surface area contributed by atoms with Crippen LogP contribution in [0.15, 0.2) is 28.7 Å². The third kappa shape index (κ3) is 3.91. The van der Waals surface area contributed by atoms with Gasteiger partial charge in [-0.05, 0) is 24.5 Å². The molecule has 0 saturated heterocycles. The third-order valence-corrected chi connectivity index (χ3v) is 3.68. The van der Waals surface area contributed by atoms with Gasteiger partial charge in [-0.3, -0.25) is 0 Å². The molecule has 0 aliphatic carbocycles. The molecule has 0 fully saturated rings. The van der Waals surface area contributed by atoms with Crippen LogP contribution in [0, 0.1) is 0 Å². The number of benzene rings is 1. The normalized spacial score (nSPS) is 11.8. The molecule has 16 heavy (non-hydrogen) atoms. The molecule has 0 saturated carbocycles. The van der Waals surface area contributed by atoms with Gasteiger partial charge < -0.3 is 5.11 Å². The van der Waals surface area contributed by atoms with Crippen molar-refractivity contribution in [2.75, 3.05) is 0 Å². The second-order valence-electron chi connectivity index (χ2n) is 4.49. The van der Waals surface area contributed by atoms with Crippen LogP contribution < -0.4 is 0 Å². The van der Waals surface area contributed by atoms with Gasteiger partial charge in [0.1, 0.15) is 0 Å². The Labute approximate surface area is 107 Å². The average Bonchev–Trinajstić information content (AvgIpc) is 2.22. The van der Waals surface area contributed by atoms with E-state index in [1.807, 2.05) is 18.2 Å². The molecule has 0 unspecified atom stereocenters. The largest absolute Gasteiger partial charge is 0.390 e. The fourth-order valence-electron chi connectivity index (χ4n) is 2.23. The molecule has 1 aromatic rings. The Morgan fingerprint density at radius 1 is 1.12 bits per heavy atom. The van der Waals surface area contributed by atoms with Gasteiger partial charge in [0.2, 0.25) is 0 Å². The highest BCUT2D eigenvalue weighted by atomic mass is 79.9. The Bertz CT molecular complexity index is 316. The molecule has 0 aliphatic heterocycles. The van der Waals surface area contributed by atoms with Crippen LogP contribution in [0.2, 0.25) is 0 Å². The van der Waals surface area contributed by atoms with E-state index in [4.69, 9.17) is 0 Å². The minimum absolute atomic E-state index is 0.534. The summed E-state index contributed by atoms with van der Waals surface area (Å²) in [5, 5.41) is 10.6. The average molecular weight is 285 g/mol. The van der Waals surface area contributed by atoms with Gasteiger partial charge in [0.05, 0.1) is 5.60 Å². The van der Waals surface area contributed by atoms with E-state index < -0.39 is 5.60 Å². The van der Waals surface area contributed by atoms with Crippen molar-refractivity contribution in [3.8, 4) is 0 Å². The van der Waals surface area contributed by atoms with Crippen molar-refractivity contribution in [2.24, 2.45) is 0 Å². The molecule has 90 valence electrons. The maximum absolute atomic E-state index is 10.6. The van der Waals surface area contributed by atoms with Gasteiger partial charge >= 0.3 is 0 Å². The van der Waals surface area contributed by atoms with E-state index in [2.05, 4.69) is 35.8 Å². The zero-order valence-corrected chi connectivity index (χ0v) is 11.8. The first-order valence-electron chi connectivity index (χ1n) is 6.07. The van der Waals surface area contributed by atoms with Crippen molar-refractivity contribution in [2.45, 2.75) is 51.6 Å². The van der Waals surface area contributed by atoms with Crippen molar-refractivity contribution in [1.29, 1.82) is 0 Å². The fourth-order valence-corrected chi connectivity index (χ4v) is 2.65. The van der Waals surface area contributed by atoms with Gasteiger partial charge in [0, 0.05) is 10.9 Å². The summed E-state index contributed by atoms with van der Waals surface area (Å²) >= 11 is 3.54. The quantitative estimate of drug-likeness (QED) is 0.825. The van der Waals surface area contributed by atoms with E-state index in [0.717, 1.165) is 36.6 Å². The molecule has 0 aliphatic rings. The fraction of sp³-hybridized carbons (Fsp3) is 0.571. The number of rotatable bonds is 6. The molecule has 1 N–H and O–H groups in total.